The molecule has 1 amide bonds. The highest BCUT2D eigenvalue weighted by atomic mass is 79.9. The van der Waals surface area contributed by atoms with E-state index in [1.54, 1.807) is 19.4 Å². The summed E-state index contributed by atoms with van der Waals surface area (Å²) in [6, 6.07) is 1.60. The minimum absolute atomic E-state index is 0.0547. The van der Waals surface area contributed by atoms with Crippen molar-refractivity contribution in [1.82, 2.24) is 10.3 Å². The molecule has 5 nitrogen and oxygen atoms in total. The van der Waals surface area contributed by atoms with Gasteiger partial charge in [0.15, 0.2) is 0 Å². The first-order valence-electron chi connectivity index (χ1n) is 5.66. The topological polar surface area (TPSA) is 77.2 Å². The van der Waals surface area contributed by atoms with Crippen molar-refractivity contribution in [2.75, 3.05) is 19.5 Å². The first-order chi connectivity index (χ1) is 8.45. The van der Waals surface area contributed by atoms with Gasteiger partial charge in [-0.2, -0.15) is 0 Å². The number of pyridine rings is 1. The van der Waals surface area contributed by atoms with E-state index in [1.165, 1.54) is 0 Å². The third-order valence-electron chi connectivity index (χ3n) is 2.60. The number of nitrogens with two attached hydrogens (primary N) is 1. The molecular formula is C12H18BrN3O2. The number of nitrogens with one attached hydrogen (secondary N) is 1. The molecular weight excluding hydrogens is 298 g/mol. The number of halogens is 1. The molecule has 100 valence electrons. The van der Waals surface area contributed by atoms with Crippen LogP contribution in [0.15, 0.2) is 16.7 Å². The van der Waals surface area contributed by atoms with Crippen molar-refractivity contribution in [1.29, 1.82) is 0 Å². The van der Waals surface area contributed by atoms with E-state index in [-0.39, 0.29) is 23.7 Å². The number of nitrogens with zero attached hydrogens (tertiary/aromatic N) is 1. The number of carbonyl (C=O) groups is 1. The smallest absolute Gasteiger partial charge is 0.255 e. The van der Waals surface area contributed by atoms with Crippen LogP contribution < -0.4 is 11.1 Å². The van der Waals surface area contributed by atoms with Gasteiger partial charge in [-0.1, -0.05) is 13.8 Å². The summed E-state index contributed by atoms with van der Waals surface area (Å²) < 4.78 is 5.80. The Morgan fingerprint density at radius 1 is 1.61 bits per heavy atom. The monoisotopic (exact) mass is 315 g/mol. The average molecular weight is 316 g/mol. The van der Waals surface area contributed by atoms with E-state index < -0.39 is 0 Å². The fraction of sp³-hybridized carbons (Fsp3) is 0.500. The molecule has 3 N–H and O–H groups in total. The predicted octanol–water partition coefficient (Wildman–Crippen LogP) is 1.83. The highest BCUT2D eigenvalue weighted by Gasteiger charge is 2.19. The number of aromatic nitrogens is 1. The zero-order chi connectivity index (χ0) is 13.7. The summed E-state index contributed by atoms with van der Waals surface area (Å²) in [7, 11) is 1.61. The number of hydrogen-bond donors (Lipinski definition) is 2. The molecule has 0 aromatic carbocycles. The Labute approximate surface area is 115 Å². The SMILES string of the molecule is COCC(NC(=O)c1cc(Br)cnc1N)C(C)C. The lowest BCUT2D eigenvalue weighted by Crippen LogP contribution is -2.41. The van der Waals surface area contributed by atoms with Crippen molar-refractivity contribution in [2.24, 2.45) is 5.92 Å². The summed E-state index contributed by atoms with van der Waals surface area (Å²) in [6.45, 7) is 4.50. The fourth-order valence-corrected chi connectivity index (χ4v) is 1.79. The second-order valence-corrected chi connectivity index (χ2v) is 5.28. The molecule has 18 heavy (non-hydrogen) atoms. The van der Waals surface area contributed by atoms with Crippen LogP contribution in [0.25, 0.3) is 0 Å². The number of hydrogen-bond acceptors (Lipinski definition) is 4. The maximum Gasteiger partial charge on any atom is 0.255 e. The van der Waals surface area contributed by atoms with Gasteiger partial charge in [0.1, 0.15) is 5.82 Å². The highest BCUT2D eigenvalue weighted by molar-refractivity contribution is 9.10. The average Bonchev–Trinajstić information content (AvgIpc) is 2.31. The van der Waals surface area contributed by atoms with Crippen LogP contribution in [0.1, 0.15) is 24.2 Å². The number of ether oxygens (including phenoxy) is 1. The molecule has 1 aromatic rings. The summed E-state index contributed by atoms with van der Waals surface area (Å²) in [5.41, 5.74) is 6.06. The zero-order valence-electron chi connectivity index (χ0n) is 10.7. The molecule has 0 aliphatic carbocycles. The molecule has 0 saturated carbocycles. The Morgan fingerprint density at radius 2 is 2.28 bits per heavy atom. The van der Waals surface area contributed by atoms with E-state index in [2.05, 4.69) is 26.2 Å². The van der Waals surface area contributed by atoms with Gasteiger partial charge in [0.05, 0.1) is 18.2 Å². The third kappa shape index (κ3) is 3.96. The lowest BCUT2D eigenvalue weighted by Gasteiger charge is -2.21. The standard InChI is InChI=1S/C12H18BrN3O2/c1-7(2)10(6-18-3)16-12(17)9-4-8(13)5-15-11(9)14/h4-5,7,10H,6H2,1-3H3,(H2,14,15)(H,16,17). The van der Waals surface area contributed by atoms with E-state index in [9.17, 15) is 4.79 Å². The molecule has 0 fully saturated rings. The Bertz CT molecular complexity index is 424. The molecule has 0 aliphatic rings. The van der Waals surface area contributed by atoms with Crippen LogP contribution in [0.4, 0.5) is 5.82 Å². The van der Waals surface area contributed by atoms with Crippen LogP contribution >= 0.6 is 15.9 Å². The highest BCUT2D eigenvalue weighted by Crippen LogP contribution is 2.16. The molecule has 0 radical (unpaired) electrons. The summed E-state index contributed by atoms with van der Waals surface area (Å²) in [6.07, 6.45) is 1.56. The van der Waals surface area contributed by atoms with Crippen molar-refractivity contribution in [3.05, 3.63) is 22.3 Å². The first-order valence-corrected chi connectivity index (χ1v) is 6.45. The quantitative estimate of drug-likeness (QED) is 0.869. The Balaban J connectivity index is 2.83. The normalized spacial score (nSPS) is 12.5. The van der Waals surface area contributed by atoms with E-state index in [0.717, 1.165) is 4.47 Å². The molecule has 0 saturated heterocycles. The van der Waals surface area contributed by atoms with E-state index >= 15 is 0 Å². The second-order valence-electron chi connectivity index (χ2n) is 4.37. The number of rotatable bonds is 5. The Kier molecular flexibility index (Phi) is 5.55. The largest absolute Gasteiger partial charge is 0.383 e. The summed E-state index contributed by atoms with van der Waals surface area (Å²) >= 11 is 3.27. The van der Waals surface area contributed by atoms with Crippen LogP contribution in [0.2, 0.25) is 0 Å². The summed E-state index contributed by atoms with van der Waals surface area (Å²) in [5, 5.41) is 2.90. The first kappa shape index (κ1) is 14.9. The van der Waals surface area contributed by atoms with Crippen molar-refractivity contribution < 1.29 is 9.53 Å². The van der Waals surface area contributed by atoms with Gasteiger partial charge in [-0.15, -0.1) is 0 Å². The van der Waals surface area contributed by atoms with Gasteiger partial charge in [-0.05, 0) is 27.9 Å². The minimum atomic E-state index is -0.239. The van der Waals surface area contributed by atoms with Gasteiger partial charge in [0.2, 0.25) is 0 Å². The molecule has 1 unspecified atom stereocenters. The van der Waals surface area contributed by atoms with Crippen LogP contribution in [0.5, 0.6) is 0 Å². The van der Waals surface area contributed by atoms with Gasteiger partial charge in [0.25, 0.3) is 5.91 Å². The Morgan fingerprint density at radius 3 is 2.83 bits per heavy atom. The van der Waals surface area contributed by atoms with Crippen molar-refractivity contribution >= 4 is 27.7 Å². The minimum Gasteiger partial charge on any atom is -0.383 e. The molecule has 1 atom stereocenters. The molecule has 6 heteroatoms. The van der Waals surface area contributed by atoms with Gasteiger partial charge >= 0.3 is 0 Å². The van der Waals surface area contributed by atoms with Gasteiger partial charge in [-0.3, -0.25) is 4.79 Å². The van der Waals surface area contributed by atoms with Crippen molar-refractivity contribution in [2.45, 2.75) is 19.9 Å². The summed E-state index contributed by atoms with van der Waals surface area (Å²) in [4.78, 5) is 16.0. The van der Waals surface area contributed by atoms with Gasteiger partial charge in [0, 0.05) is 17.8 Å². The second kappa shape index (κ2) is 6.70. The van der Waals surface area contributed by atoms with E-state index in [1.807, 2.05) is 13.8 Å². The van der Waals surface area contributed by atoms with Crippen LogP contribution in [0.3, 0.4) is 0 Å². The fourth-order valence-electron chi connectivity index (χ4n) is 1.46. The molecule has 1 aromatic heterocycles. The lowest BCUT2D eigenvalue weighted by atomic mass is 10.0. The van der Waals surface area contributed by atoms with E-state index in [4.69, 9.17) is 10.5 Å². The Hall–Kier alpha value is -1.14. The number of carbonyl (C=O) groups excluding carboxylic acids is 1. The van der Waals surface area contributed by atoms with Crippen molar-refractivity contribution in [3.63, 3.8) is 0 Å². The molecule has 1 rings (SSSR count). The van der Waals surface area contributed by atoms with E-state index in [0.29, 0.717) is 12.2 Å². The van der Waals surface area contributed by atoms with Crippen LogP contribution in [0, 0.1) is 5.92 Å². The van der Waals surface area contributed by atoms with Crippen LogP contribution in [-0.4, -0.2) is 30.6 Å². The van der Waals surface area contributed by atoms with Gasteiger partial charge in [-0.25, -0.2) is 4.98 Å². The number of nitrogen functional groups attached to an aromatic ring is 1. The lowest BCUT2D eigenvalue weighted by molar-refractivity contribution is 0.0867. The molecule has 0 spiro atoms. The van der Waals surface area contributed by atoms with Crippen molar-refractivity contribution in [3.8, 4) is 0 Å². The molecule has 0 bridgehead atoms. The maximum absolute atomic E-state index is 12.1. The number of amides is 1. The number of anilines is 1. The number of methoxy groups -OCH3 is 1. The zero-order valence-corrected chi connectivity index (χ0v) is 12.3. The third-order valence-corrected chi connectivity index (χ3v) is 3.03. The van der Waals surface area contributed by atoms with Gasteiger partial charge < -0.3 is 15.8 Å². The predicted molar refractivity (Wildman–Crippen MR) is 74.3 cm³/mol. The maximum atomic E-state index is 12.1. The molecule has 1 heterocycles. The summed E-state index contributed by atoms with van der Waals surface area (Å²) in [5.74, 6) is 0.253. The van der Waals surface area contributed by atoms with Crippen LogP contribution in [-0.2, 0) is 4.74 Å². The molecule has 0 aliphatic heterocycles.